The second-order valence-electron chi connectivity index (χ2n) is 7.97. The van der Waals surface area contributed by atoms with Crippen LogP contribution in [0.2, 0.25) is 0 Å². The topological polar surface area (TPSA) is 115 Å². The van der Waals surface area contributed by atoms with E-state index < -0.39 is 24.5 Å². The maximum atomic E-state index is 13.0. The first-order valence-corrected chi connectivity index (χ1v) is 11.8. The Kier molecular flexibility index (Phi) is 7.70. The van der Waals surface area contributed by atoms with Crippen molar-refractivity contribution in [2.75, 3.05) is 6.61 Å². The summed E-state index contributed by atoms with van der Waals surface area (Å²) >= 11 is 3.35. The zero-order chi connectivity index (χ0) is 25.7. The fraction of sp³-hybridized carbons (Fsp3) is 0.148. The molecule has 1 aromatic heterocycles. The number of aliphatic carboxylic acids is 1. The lowest BCUT2D eigenvalue weighted by molar-refractivity contribution is -0.142. The van der Waals surface area contributed by atoms with E-state index in [1.807, 2.05) is 6.07 Å². The number of carboxylic acid groups (broad SMARTS) is 1. The number of carboxylic acids is 1. The van der Waals surface area contributed by atoms with Gasteiger partial charge in [0.15, 0.2) is 6.61 Å². The predicted octanol–water partition coefficient (Wildman–Crippen LogP) is 4.85. The molecule has 1 atom stereocenters. The van der Waals surface area contributed by atoms with E-state index in [1.165, 1.54) is 18.2 Å². The molecule has 1 amide bonds. The van der Waals surface area contributed by atoms with Gasteiger partial charge in [-0.25, -0.2) is 4.79 Å². The average Bonchev–Trinajstić information content (AvgIpc) is 2.86. The first kappa shape index (κ1) is 25.0. The number of amides is 1. The van der Waals surface area contributed by atoms with E-state index >= 15 is 0 Å². The predicted molar refractivity (Wildman–Crippen MR) is 137 cm³/mol. The van der Waals surface area contributed by atoms with E-state index in [0.717, 1.165) is 10.0 Å². The Morgan fingerprint density at radius 1 is 1.03 bits per heavy atom. The molecule has 0 aliphatic carbocycles. The molecule has 9 heteroatoms. The van der Waals surface area contributed by atoms with Crippen LogP contribution in [0.15, 0.2) is 86.5 Å². The van der Waals surface area contributed by atoms with Crippen molar-refractivity contribution in [3.8, 4) is 17.2 Å². The van der Waals surface area contributed by atoms with Crippen LogP contribution >= 0.6 is 15.9 Å². The molecule has 0 radical (unpaired) electrons. The van der Waals surface area contributed by atoms with Crippen molar-refractivity contribution in [1.82, 2.24) is 5.32 Å². The van der Waals surface area contributed by atoms with Gasteiger partial charge in [-0.15, -0.1) is 0 Å². The third-order valence-corrected chi connectivity index (χ3v) is 5.83. The summed E-state index contributed by atoms with van der Waals surface area (Å²) in [7, 11) is 0. The van der Waals surface area contributed by atoms with Crippen LogP contribution < -0.4 is 20.2 Å². The first-order valence-electron chi connectivity index (χ1n) is 11.0. The van der Waals surface area contributed by atoms with Gasteiger partial charge in [0.1, 0.15) is 28.9 Å². The van der Waals surface area contributed by atoms with Gasteiger partial charge in [-0.05, 0) is 48.9 Å². The minimum absolute atomic E-state index is 0.0796. The van der Waals surface area contributed by atoms with Gasteiger partial charge in [0.2, 0.25) is 11.2 Å². The molecular weight excluding hydrogens is 530 g/mol. The lowest BCUT2D eigenvalue weighted by Gasteiger charge is -2.15. The summed E-state index contributed by atoms with van der Waals surface area (Å²) in [5.41, 5.74) is 0.715. The molecule has 4 rings (SSSR count). The number of rotatable bonds is 9. The molecular formula is C27H22BrNO7. The summed E-state index contributed by atoms with van der Waals surface area (Å²) in [6, 6.07) is 19.5. The normalized spacial score (nSPS) is 11.6. The van der Waals surface area contributed by atoms with Crippen molar-refractivity contribution in [1.29, 1.82) is 0 Å². The number of carbonyl (C=O) groups is 2. The zero-order valence-electron chi connectivity index (χ0n) is 19.2. The molecule has 0 aliphatic heterocycles. The molecule has 0 spiro atoms. The standard InChI is InChI=1S/C27H22BrNO7/c1-16-26(36-19-9-7-18(28)8-10-19)25(31)21-12-11-20(14-23(21)35-16)34-15-24(30)29-22(27(32)33)13-17-5-3-2-4-6-17/h2-12,14,22H,13,15H2,1H3,(H,29,30)(H,32,33). The summed E-state index contributed by atoms with van der Waals surface area (Å²) in [6.07, 6.45) is 0.146. The Morgan fingerprint density at radius 3 is 2.42 bits per heavy atom. The molecule has 0 aliphatic rings. The number of hydrogen-bond donors (Lipinski definition) is 2. The average molecular weight is 552 g/mol. The van der Waals surface area contributed by atoms with Crippen molar-refractivity contribution in [3.63, 3.8) is 0 Å². The highest BCUT2D eigenvalue weighted by molar-refractivity contribution is 9.10. The van der Waals surface area contributed by atoms with Crippen LogP contribution in [-0.2, 0) is 16.0 Å². The number of nitrogens with one attached hydrogen (secondary N) is 1. The van der Waals surface area contributed by atoms with E-state index in [-0.39, 0.29) is 34.7 Å². The smallest absolute Gasteiger partial charge is 0.326 e. The Bertz CT molecular complexity index is 1450. The number of ether oxygens (including phenoxy) is 2. The van der Waals surface area contributed by atoms with Crippen LogP contribution in [0, 0.1) is 6.92 Å². The maximum absolute atomic E-state index is 13.0. The van der Waals surface area contributed by atoms with Gasteiger partial charge < -0.3 is 24.3 Å². The molecule has 184 valence electrons. The van der Waals surface area contributed by atoms with E-state index in [4.69, 9.17) is 13.9 Å². The van der Waals surface area contributed by atoms with Crippen molar-refractivity contribution >= 4 is 38.8 Å². The number of fused-ring (bicyclic) bond motifs is 1. The Labute approximate surface area is 214 Å². The van der Waals surface area contributed by atoms with E-state index in [1.54, 1.807) is 55.5 Å². The second-order valence-corrected chi connectivity index (χ2v) is 8.88. The van der Waals surface area contributed by atoms with Crippen molar-refractivity contribution in [3.05, 3.63) is 98.8 Å². The Balaban J connectivity index is 1.44. The lowest BCUT2D eigenvalue weighted by Crippen LogP contribution is -2.44. The van der Waals surface area contributed by atoms with Gasteiger partial charge in [0.05, 0.1) is 5.39 Å². The van der Waals surface area contributed by atoms with Crippen LogP contribution in [0.5, 0.6) is 17.2 Å². The molecule has 4 aromatic rings. The molecule has 1 heterocycles. The largest absolute Gasteiger partial charge is 0.484 e. The molecule has 2 N–H and O–H groups in total. The molecule has 1 unspecified atom stereocenters. The third kappa shape index (κ3) is 6.11. The monoisotopic (exact) mass is 551 g/mol. The number of hydrogen-bond acceptors (Lipinski definition) is 6. The molecule has 36 heavy (non-hydrogen) atoms. The minimum atomic E-state index is -1.14. The van der Waals surface area contributed by atoms with E-state index in [0.29, 0.717) is 11.1 Å². The highest BCUT2D eigenvalue weighted by Gasteiger charge is 2.21. The number of carbonyl (C=O) groups excluding carboxylic acids is 1. The Hall–Kier alpha value is -4.11. The summed E-state index contributed by atoms with van der Waals surface area (Å²) in [5, 5.41) is 12.2. The van der Waals surface area contributed by atoms with Gasteiger partial charge in [-0.3, -0.25) is 9.59 Å². The Morgan fingerprint density at radius 2 is 1.72 bits per heavy atom. The van der Waals surface area contributed by atoms with Gasteiger partial charge in [-0.2, -0.15) is 0 Å². The zero-order valence-corrected chi connectivity index (χ0v) is 20.8. The number of benzene rings is 3. The molecule has 0 saturated carbocycles. The molecule has 0 fully saturated rings. The van der Waals surface area contributed by atoms with Gasteiger partial charge in [0, 0.05) is 17.0 Å². The molecule has 0 saturated heterocycles. The van der Waals surface area contributed by atoms with Crippen molar-refractivity contribution in [2.24, 2.45) is 0 Å². The lowest BCUT2D eigenvalue weighted by atomic mass is 10.1. The summed E-state index contributed by atoms with van der Waals surface area (Å²) in [4.78, 5) is 36.9. The van der Waals surface area contributed by atoms with E-state index in [9.17, 15) is 19.5 Å². The highest BCUT2D eigenvalue weighted by Crippen LogP contribution is 2.28. The van der Waals surface area contributed by atoms with Crippen LogP contribution in [0.1, 0.15) is 11.3 Å². The van der Waals surface area contributed by atoms with Crippen LogP contribution in [-0.4, -0.2) is 29.6 Å². The maximum Gasteiger partial charge on any atom is 0.326 e. The summed E-state index contributed by atoms with van der Waals surface area (Å²) < 4.78 is 17.9. The van der Waals surface area contributed by atoms with Gasteiger partial charge in [0.25, 0.3) is 5.91 Å². The SMILES string of the molecule is Cc1oc2cc(OCC(=O)NC(Cc3ccccc3)C(=O)O)ccc2c(=O)c1Oc1ccc(Br)cc1. The van der Waals surface area contributed by atoms with Gasteiger partial charge >= 0.3 is 5.97 Å². The summed E-state index contributed by atoms with van der Waals surface area (Å²) in [5.74, 6) is -0.584. The highest BCUT2D eigenvalue weighted by atomic mass is 79.9. The van der Waals surface area contributed by atoms with Crippen LogP contribution in [0.4, 0.5) is 0 Å². The van der Waals surface area contributed by atoms with Crippen LogP contribution in [0.3, 0.4) is 0 Å². The third-order valence-electron chi connectivity index (χ3n) is 5.31. The van der Waals surface area contributed by atoms with Crippen LogP contribution in [0.25, 0.3) is 11.0 Å². The quantitative estimate of drug-likeness (QED) is 0.305. The van der Waals surface area contributed by atoms with Crippen molar-refractivity contribution < 1.29 is 28.6 Å². The molecule has 8 nitrogen and oxygen atoms in total. The number of halogens is 1. The molecule has 3 aromatic carbocycles. The number of aryl methyl sites for hydroxylation is 1. The van der Waals surface area contributed by atoms with Gasteiger partial charge in [-0.1, -0.05) is 46.3 Å². The first-order chi connectivity index (χ1) is 17.3. The van der Waals surface area contributed by atoms with E-state index in [2.05, 4.69) is 21.2 Å². The second kappa shape index (κ2) is 11.1. The fourth-order valence-corrected chi connectivity index (χ4v) is 3.80. The van der Waals surface area contributed by atoms with Crippen molar-refractivity contribution in [2.45, 2.75) is 19.4 Å². The fourth-order valence-electron chi connectivity index (χ4n) is 3.53. The summed E-state index contributed by atoms with van der Waals surface area (Å²) in [6.45, 7) is 1.22. The minimum Gasteiger partial charge on any atom is -0.484 e. The molecule has 0 bridgehead atoms.